The third-order valence-electron chi connectivity index (χ3n) is 8.59. The summed E-state index contributed by atoms with van der Waals surface area (Å²) in [5.74, 6) is -0.292. The minimum Gasteiger partial charge on any atom is -0.756 e. The maximum Gasteiger partial charge on any atom is 0.305 e. The minimum atomic E-state index is -4.50. The standard InChI is InChI=1S/C44H80NO7P/c1-6-8-10-12-14-16-18-20-22-24-26-28-30-32-34-36-39-49-43(42-52-53(47,48)51-40-38-45(3,4)5)41-50-44(46)37-35-33-31-29-27-25-23-21-19-17-15-13-11-9-7-2/h8,10,14-17,20-23,43H,6-7,9,11-13,18-19,24-42H2,1-5H3/b10-8-,16-14-,17-15-,22-20-,23-21-/t43-/m1/s1. The first-order chi connectivity index (χ1) is 25.6. The van der Waals surface area contributed by atoms with Crippen molar-refractivity contribution in [3.8, 4) is 0 Å². The Bertz CT molecular complexity index is 1030. The van der Waals surface area contributed by atoms with Crippen LogP contribution in [0.25, 0.3) is 0 Å². The first kappa shape index (κ1) is 51.2. The minimum absolute atomic E-state index is 0.0309. The zero-order valence-electron chi connectivity index (χ0n) is 34.7. The van der Waals surface area contributed by atoms with E-state index < -0.39 is 13.9 Å². The van der Waals surface area contributed by atoms with Gasteiger partial charge in [0.05, 0.1) is 27.7 Å². The number of quaternary nitrogens is 1. The molecule has 0 aliphatic carbocycles. The predicted molar refractivity (Wildman–Crippen MR) is 222 cm³/mol. The number of carbonyl (C=O) groups is 1. The highest BCUT2D eigenvalue weighted by Gasteiger charge is 2.19. The molecule has 0 spiro atoms. The molecule has 0 radical (unpaired) electrons. The van der Waals surface area contributed by atoms with Gasteiger partial charge in [0.1, 0.15) is 25.9 Å². The average molecular weight is 766 g/mol. The lowest BCUT2D eigenvalue weighted by Gasteiger charge is -2.28. The quantitative estimate of drug-likeness (QED) is 0.0203. The molecule has 2 atom stereocenters. The van der Waals surface area contributed by atoms with Crippen LogP contribution < -0.4 is 4.89 Å². The third kappa shape index (κ3) is 41.2. The van der Waals surface area contributed by atoms with Crippen molar-refractivity contribution in [1.29, 1.82) is 0 Å². The second kappa shape index (κ2) is 37.1. The number of esters is 1. The Morgan fingerprint density at radius 2 is 1.09 bits per heavy atom. The number of ether oxygens (including phenoxy) is 2. The molecule has 0 aliphatic heterocycles. The van der Waals surface area contributed by atoms with Crippen molar-refractivity contribution < 1.29 is 37.3 Å². The van der Waals surface area contributed by atoms with Crippen LogP contribution in [0.4, 0.5) is 0 Å². The molecule has 0 heterocycles. The van der Waals surface area contributed by atoms with Crippen LogP contribution in [0.2, 0.25) is 0 Å². The maximum absolute atomic E-state index is 12.5. The molecule has 0 amide bonds. The molecule has 0 aromatic carbocycles. The number of nitrogens with zero attached hydrogens (tertiary/aromatic N) is 1. The summed E-state index contributed by atoms with van der Waals surface area (Å²) in [4.78, 5) is 24.8. The fraction of sp³-hybridized carbons (Fsp3) is 0.750. The van der Waals surface area contributed by atoms with Crippen molar-refractivity contribution in [2.24, 2.45) is 0 Å². The Labute approximate surface area is 326 Å². The summed E-state index contributed by atoms with van der Waals surface area (Å²) in [5, 5.41) is 0. The van der Waals surface area contributed by atoms with Gasteiger partial charge in [-0.1, -0.05) is 132 Å². The summed E-state index contributed by atoms with van der Waals surface area (Å²) < 4.78 is 34.6. The van der Waals surface area contributed by atoms with Gasteiger partial charge in [0.2, 0.25) is 0 Å². The number of hydrogen-bond donors (Lipinski definition) is 0. The molecule has 9 heteroatoms. The Morgan fingerprint density at radius 3 is 1.64 bits per heavy atom. The molecule has 1 unspecified atom stereocenters. The van der Waals surface area contributed by atoms with E-state index in [0.29, 0.717) is 24.1 Å². The van der Waals surface area contributed by atoms with Crippen LogP contribution in [0.3, 0.4) is 0 Å². The molecule has 0 rings (SSSR count). The van der Waals surface area contributed by atoms with E-state index in [4.69, 9.17) is 18.5 Å². The predicted octanol–water partition coefficient (Wildman–Crippen LogP) is 11.5. The second-order valence-electron chi connectivity index (χ2n) is 15.0. The van der Waals surface area contributed by atoms with Crippen LogP contribution in [-0.4, -0.2) is 70.7 Å². The number of phosphoric ester groups is 1. The summed E-state index contributed by atoms with van der Waals surface area (Å²) in [6.07, 6.45) is 45.3. The molecule has 53 heavy (non-hydrogen) atoms. The van der Waals surface area contributed by atoms with Crippen LogP contribution in [0.1, 0.15) is 155 Å². The molecule has 0 N–H and O–H groups in total. The van der Waals surface area contributed by atoms with Gasteiger partial charge in [-0.2, -0.15) is 0 Å². The highest BCUT2D eigenvalue weighted by atomic mass is 31.2. The van der Waals surface area contributed by atoms with Crippen LogP contribution in [0, 0.1) is 0 Å². The van der Waals surface area contributed by atoms with Crippen molar-refractivity contribution in [1.82, 2.24) is 0 Å². The number of phosphoric acid groups is 1. The van der Waals surface area contributed by atoms with Crippen LogP contribution in [-0.2, 0) is 27.9 Å². The number of likely N-dealkylation sites (N-methyl/N-ethyl adjacent to an activating group) is 1. The highest BCUT2D eigenvalue weighted by molar-refractivity contribution is 7.45. The highest BCUT2D eigenvalue weighted by Crippen LogP contribution is 2.38. The molecular weight excluding hydrogens is 685 g/mol. The summed E-state index contributed by atoms with van der Waals surface area (Å²) in [6, 6.07) is 0. The third-order valence-corrected chi connectivity index (χ3v) is 9.55. The zero-order valence-corrected chi connectivity index (χ0v) is 35.6. The molecule has 0 saturated carbocycles. The topological polar surface area (TPSA) is 94.1 Å². The number of hydrogen-bond acceptors (Lipinski definition) is 7. The van der Waals surface area contributed by atoms with Gasteiger partial charge in [0.25, 0.3) is 7.82 Å². The Balaban J connectivity index is 4.31. The molecule has 308 valence electrons. The monoisotopic (exact) mass is 766 g/mol. The zero-order chi connectivity index (χ0) is 39.1. The summed E-state index contributed by atoms with van der Waals surface area (Å²) in [6.45, 7) is 5.09. The first-order valence-corrected chi connectivity index (χ1v) is 22.5. The van der Waals surface area contributed by atoms with E-state index in [1.807, 2.05) is 21.1 Å². The summed E-state index contributed by atoms with van der Waals surface area (Å²) >= 11 is 0. The Hall–Kier alpha value is -1.80. The molecule has 0 saturated heterocycles. The van der Waals surface area contributed by atoms with Gasteiger partial charge in [0, 0.05) is 13.0 Å². The smallest absolute Gasteiger partial charge is 0.305 e. The van der Waals surface area contributed by atoms with E-state index in [1.54, 1.807) is 0 Å². The van der Waals surface area contributed by atoms with Crippen molar-refractivity contribution >= 4 is 13.8 Å². The fourth-order valence-corrected chi connectivity index (χ4v) is 6.00. The van der Waals surface area contributed by atoms with Crippen LogP contribution in [0.15, 0.2) is 60.8 Å². The van der Waals surface area contributed by atoms with Crippen LogP contribution in [0.5, 0.6) is 0 Å². The maximum atomic E-state index is 12.5. The van der Waals surface area contributed by atoms with Gasteiger partial charge >= 0.3 is 5.97 Å². The number of carbonyl (C=O) groups excluding carboxylic acids is 1. The van der Waals surface area contributed by atoms with Crippen LogP contribution >= 0.6 is 7.82 Å². The van der Waals surface area contributed by atoms with Crippen molar-refractivity contribution in [3.05, 3.63) is 60.8 Å². The normalized spacial score (nSPS) is 14.5. The molecule has 0 bridgehead atoms. The van der Waals surface area contributed by atoms with E-state index in [2.05, 4.69) is 74.6 Å². The van der Waals surface area contributed by atoms with Gasteiger partial charge in [0.15, 0.2) is 0 Å². The van der Waals surface area contributed by atoms with E-state index in [9.17, 15) is 14.3 Å². The Morgan fingerprint density at radius 1 is 0.604 bits per heavy atom. The number of unbranched alkanes of at least 4 members (excludes halogenated alkanes) is 14. The first-order valence-electron chi connectivity index (χ1n) is 21.0. The molecule has 0 aromatic rings. The number of allylic oxidation sites excluding steroid dienone is 10. The molecule has 0 aliphatic rings. The van der Waals surface area contributed by atoms with Gasteiger partial charge in [-0.15, -0.1) is 0 Å². The lowest BCUT2D eigenvalue weighted by Crippen LogP contribution is -2.37. The SMILES string of the molecule is CC/C=C\C/C=C\C/C=C\CCCCCCCCO[C@H](COC(=O)CCCCCCC/C=C\C/C=C\CCCCC)COP(=O)([O-])OCC[N+](C)(C)C. The van der Waals surface area contributed by atoms with Gasteiger partial charge in [-0.05, 0) is 77.0 Å². The van der Waals surface area contributed by atoms with E-state index >= 15 is 0 Å². The van der Waals surface area contributed by atoms with Crippen molar-refractivity contribution in [2.75, 3.05) is 54.1 Å². The van der Waals surface area contributed by atoms with E-state index in [-0.39, 0.29) is 25.8 Å². The summed E-state index contributed by atoms with van der Waals surface area (Å²) in [5.41, 5.74) is 0. The van der Waals surface area contributed by atoms with Gasteiger partial charge in [-0.3, -0.25) is 9.36 Å². The summed E-state index contributed by atoms with van der Waals surface area (Å²) in [7, 11) is 1.37. The van der Waals surface area contributed by atoms with Crippen molar-refractivity contribution in [2.45, 2.75) is 161 Å². The molecule has 8 nitrogen and oxygen atoms in total. The molecule has 0 fully saturated rings. The average Bonchev–Trinajstić information content (AvgIpc) is 3.11. The fourth-order valence-electron chi connectivity index (χ4n) is 5.27. The Kier molecular flexibility index (Phi) is 35.9. The number of rotatable bonds is 38. The largest absolute Gasteiger partial charge is 0.756 e. The lowest BCUT2D eigenvalue weighted by atomic mass is 10.1. The van der Waals surface area contributed by atoms with E-state index in [0.717, 1.165) is 89.9 Å². The molecule has 0 aromatic heterocycles. The van der Waals surface area contributed by atoms with E-state index in [1.165, 1.54) is 44.9 Å². The lowest BCUT2D eigenvalue weighted by molar-refractivity contribution is -0.870. The second-order valence-corrected chi connectivity index (χ2v) is 16.4. The van der Waals surface area contributed by atoms with Gasteiger partial charge < -0.3 is 27.9 Å². The van der Waals surface area contributed by atoms with Gasteiger partial charge in [-0.25, -0.2) is 0 Å². The molecular formula is C44H80NO7P. The van der Waals surface area contributed by atoms with Crippen molar-refractivity contribution in [3.63, 3.8) is 0 Å².